The van der Waals surface area contributed by atoms with Crippen LogP contribution in [0.15, 0.2) is 18.5 Å². The Morgan fingerprint density at radius 3 is 2.97 bits per heavy atom. The third kappa shape index (κ3) is 2.43. The van der Waals surface area contributed by atoms with Gasteiger partial charge in [0.05, 0.1) is 16.3 Å². The molecule has 8 nitrogen and oxygen atoms in total. The number of rotatable bonds is 1. The van der Waals surface area contributed by atoms with Gasteiger partial charge in [0.1, 0.15) is 41.2 Å². The summed E-state index contributed by atoms with van der Waals surface area (Å²) >= 11 is 1.02. The minimum Gasteiger partial charge on any atom is -0.475 e. The van der Waals surface area contributed by atoms with Crippen molar-refractivity contribution in [1.82, 2.24) is 25.3 Å². The van der Waals surface area contributed by atoms with Gasteiger partial charge in [-0.15, -0.1) is 0 Å². The maximum absolute atomic E-state index is 15.8. The number of thiazole rings is 1. The van der Waals surface area contributed by atoms with Gasteiger partial charge in [0.15, 0.2) is 10.9 Å². The third-order valence-electron chi connectivity index (χ3n) is 6.66. The van der Waals surface area contributed by atoms with Gasteiger partial charge in [-0.2, -0.15) is 0 Å². The van der Waals surface area contributed by atoms with E-state index >= 15 is 4.39 Å². The van der Waals surface area contributed by atoms with Crippen LogP contribution in [0.2, 0.25) is 0 Å². The number of anilines is 2. The summed E-state index contributed by atoms with van der Waals surface area (Å²) < 4.78 is 36.5. The number of pyridine rings is 1. The Morgan fingerprint density at radius 2 is 2.06 bits per heavy atom. The zero-order valence-corrected chi connectivity index (χ0v) is 17.5. The number of fused-ring (bicyclic) bond motifs is 6. The first-order valence-electron chi connectivity index (χ1n) is 10.4. The van der Waals surface area contributed by atoms with Crippen LogP contribution in [-0.4, -0.2) is 51.2 Å². The molecular formula is C21H17F2N7OS. The molecule has 3 aliphatic rings. The number of nitrogen functional groups attached to an aromatic ring is 1. The van der Waals surface area contributed by atoms with Crippen LogP contribution in [0.1, 0.15) is 12.8 Å². The van der Waals surface area contributed by atoms with E-state index in [-0.39, 0.29) is 44.5 Å². The molecule has 162 valence electrons. The van der Waals surface area contributed by atoms with Crippen LogP contribution in [0.25, 0.3) is 32.4 Å². The summed E-state index contributed by atoms with van der Waals surface area (Å²) in [7, 11) is 0. The molecule has 3 atom stereocenters. The first-order valence-corrected chi connectivity index (χ1v) is 11.2. The number of aromatic nitrogens is 4. The van der Waals surface area contributed by atoms with Gasteiger partial charge in [0.25, 0.3) is 0 Å². The second kappa shape index (κ2) is 6.42. The Balaban J connectivity index is 1.48. The third-order valence-corrected chi connectivity index (χ3v) is 7.55. The van der Waals surface area contributed by atoms with Crippen molar-refractivity contribution in [2.24, 2.45) is 0 Å². The molecule has 0 saturated carbocycles. The van der Waals surface area contributed by atoms with E-state index in [1.54, 1.807) is 0 Å². The maximum Gasteiger partial charge on any atom is 0.227 e. The molecular weight excluding hydrogens is 436 g/mol. The Morgan fingerprint density at radius 1 is 1.16 bits per heavy atom. The molecule has 0 radical (unpaired) electrons. The zero-order chi connectivity index (χ0) is 21.6. The van der Waals surface area contributed by atoms with Gasteiger partial charge in [-0.05, 0) is 25.0 Å². The summed E-state index contributed by atoms with van der Waals surface area (Å²) in [4.78, 5) is 19.7. The van der Waals surface area contributed by atoms with E-state index in [1.165, 1.54) is 18.5 Å². The summed E-state index contributed by atoms with van der Waals surface area (Å²) in [6.45, 7) is 1.17. The Kier molecular flexibility index (Phi) is 3.69. The largest absolute Gasteiger partial charge is 0.475 e. The maximum atomic E-state index is 15.8. The molecule has 7 rings (SSSR count). The van der Waals surface area contributed by atoms with Crippen molar-refractivity contribution >= 4 is 43.4 Å². The number of benzene rings is 1. The highest BCUT2D eigenvalue weighted by molar-refractivity contribution is 7.22. The summed E-state index contributed by atoms with van der Waals surface area (Å²) in [5.41, 5.74) is 6.56. The summed E-state index contributed by atoms with van der Waals surface area (Å²) in [6, 6.07) is 3.47. The SMILES string of the molecule is Nc1nc2c(-c3nc4c5c(ncnc5c3F)N3C[C@H]5CC[C@H](N5)[C@H]3CO4)ccc(F)c2s1. The lowest BCUT2D eigenvalue weighted by molar-refractivity contribution is 0.238. The fraction of sp³-hybridized carbons (Fsp3) is 0.333. The molecule has 6 heterocycles. The number of ether oxygens (including phenoxy) is 1. The van der Waals surface area contributed by atoms with Crippen LogP contribution >= 0.6 is 11.3 Å². The first kappa shape index (κ1) is 18.4. The van der Waals surface area contributed by atoms with E-state index in [9.17, 15) is 4.39 Å². The topological polar surface area (TPSA) is 102 Å². The van der Waals surface area contributed by atoms with Crippen LogP contribution in [0.4, 0.5) is 19.7 Å². The predicted octanol–water partition coefficient (Wildman–Crippen LogP) is 2.86. The van der Waals surface area contributed by atoms with Gasteiger partial charge in [-0.25, -0.2) is 28.7 Å². The van der Waals surface area contributed by atoms with Crippen LogP contribution in [0.3, 0.4) is 0 Å². The van der Waals surface area contributed by atoms with Gasteiger partial charge < -0.3 is 20.7 Å². The monoisotopic (exact) mass is 453 g/mol. The minimum atomic E-state index is -0.618. The molecule has 0 unspecified atom stereocenters. The number of hydrogen-bond acceptors (Lipinski definition) is 9. The van der Waals surface area contributed by atoms with Crippen molar-refractivity contribution in [3.05, 3.63) is 30.1 Å². The molecule has 11 heteroatoms. The van der Waals surface area contributed by atoms with Crippen LogP contribution in [-0.2, 0) is 0 Å². The second-order valence-electron chi connectivity index (χ2n) is 8.40. The van der Waals surface area contributed by atoms with Crippen molar-refractivity contribution in [2.75, 3.05) is 23.8 Å². The molecule has 2 fully saturated rings. The van der Waals surface area contributed by atoms with Crippen molar-refractivity contribution < 1.29 is 13.5 Å². The number of nitrogens with two attached hydrogens (primary N) is 1. The molecule has 4 aromatic rings. The molecule has 3 aliphatic heterocycles. The van der Waals surface area contributed by atoms with Gasteiger partial charge in [-0.1, -0.05) is 11.3 Å². The van der Waals surface area contributed by atoms with Crippen molar-refractivity contribution in [3.8, 4) is 17.1 Å². The van der Waals surface area contributed by atoms with Crippen LogP contribution < -0.4 is 20.7 Å². The van der Waals surface area contributed by atoms with E-state index in [2.05, 4.69) is 30.2 Å². The zero-order valence-electron chi connectivity index (χ0n) is 16.7. The normalized spacial score (nSPS) is 23.9. The number of nitrogens with one attached hydrogen (secondary N) is 1. The van der Waals surface area contributed by atoms with Gasteiger partial charge in [0, 0.05) is 24.2 Å². The minimum absolute atomic E-state index is 0.00645. The lowest BCUT2D eigenvalue weighted by atomic mass is 10.1. The van der Waals surface area contributed by atoms with E-state index in [0.717, 1.165) is 30.7 Å². The van der Waals surface area contributed by atoms with E-state index in [0.29, 0.717) is 29.4 Å². The fourth-order valence-electron chi connectivity index (χ4n) is 5.24. The smallest absolute Gasteiger partial charge is 0.227 e. The van der Waals surface area contributed by atoms with Gasteiger partial charge in [0.2, 0.25) is 5.88 Å². The second-order valence-corrected chi connectivity index (χ2v) is 9.43. The van der Waals surface area contributed by atoms with Crippen molar-refractivity contribution in [3.63, 3.8) is 0 Å². The first-order chi connectivity index (χ1) is 15.6. The highest BCUT2D eigenvalue weighted by Gasteiger charge is 2.43. The Labute approximate surface area is 184 Å². The standard InChI is InChI=1S/C21H17F2N7OS/c22-10-3-2-9(16-18(10)32-21(24)29-16)15-14(23)17-13-19(26-7-25-17)30-5-8-1-4-11(27-8)12(30)6-31-20(13)28-15/h2-3,7-8,11-12,27H,1,4-6H2,(H2,24,29)/t8-,11+,12-/m1/s1. The van der Waals surface area contributed by atoms with Crippen LogP contribution in [0.5, 0.6) is 5.88 Å². The number of hydrogen-bond donors (Lipinski definition) is 2. The highest BCUT2D eigenvalue weighted by atomic mass is 32.1. The van der Waals surface area contributed by atoms with E-state index in [4.69, 9.17) is 10.5 Å². The van der Waals surface area contributed by atoms with Crippen LogP contribution in [0, 0.1) is 11.6 Å². The lowest BCUT2D eigenvalue weighted by Crippen LogP contribution is -2.60. The molecule has 3 aromatic heterocycles. The molecule has 1 aromatic carbocycles. The molecule has 0 amide bonds. The van der Waals surface area contributed by atoms with Crippen molar-refractivity contribution in [1.29, 1.82) is 0 Å². The highest BCUT2D eigenvalue weighted by Crippen LogP contribution is 2.43. The van der Waals surface area contributed by atoms with E-state index < -0.39 is 11.6 Å². The van der Waals surface area contributed by atoms with Crippen molar-refractivity contribution in [2.45, 2.75) is 31.0 Å². The molecule has 32 heavy (non-hydrogen) atoms. The van der Waals surface area contributed by atoms with Gasteiger partial charge in [-0.3, -0.25) is 0 Å². The average molecular weight is 453 g/mol. The molecule has 2 bridgehead atoms. The lowest BCUT2D eigenvalue weighted by Gasteiger charge is -2.40. The number of piperazine rings is 1. The molecule has 3 N–H and O–H groups in total. The predicted molar refractivity (Wildman–Crippen MR) is 117 cm³/mol. The Hall–Kier alpha value is -3.18. The molecule has 0 spiro atoms. The quantitative estimate of drug-likeness (QED) is 0.454. The average Bonchev–Trinajstić information content (AvgIpc) is 3.33. The Bertz CT molecular complexity index is 1430. The molecule has 2 saturated heterocycles. The van der Waals surface area contributed by atoms with Gasteiger partial charge >= 0.3 is 0 Å². The van der Waals surface area contributed by atoms with E-state index in [1.807, 2.05) is 0 Å². The summed E-state index contributed by atoms with van der Waals surface area (Å²) in [5, 5.41) is 4.30. The summed E-state index contributed by atoms with van der Waals surface area (Å²) in [5.74, 6) is -0.159. The summed E-state index contributed by atoms with van der Waals surface area (Å²) in [6.07, 6.45) is 3.54. The number of halogens is 2. The number of nitrogens with zero attached hydrogens (tertiary/aromatic N) is 5. The molecule has 0 aliphatic carbocycles. The fourth-order valence-corrected chi connectivity index (χ4v) is 6.01.